The summed E-state index contributed by atoms with van der Waals surface area (Å²) in [6, 6.07) is 0. The van der Waals surface area contributed by atoms with Crippen LogP contribution < -0.4 is 5.32 Å². The van der Waals surface area contributed by atoms with E-state index in [4.69, 9.17) is 4.74 Å². The van der Waals surface area contributed by atoms with Crippen LogP contribution in [0.3, 0.4) is 0 Å². The van der Waals surface area contributed by atoms with Crippen LogP contribution in [0.25, 0.3) is 0 Å². The molecule has 0 aliphatic heterocycles. The second-order valence-electron chi connectivity index (χ2n) is 5.10. The quantitative estimate of drug-likeness (QED) is 0.602. The van der Waals surface area contributed by atoms with Crippen molar-refractivity contribution in [3.05, 3.63) is 0 Å². The summed E-state index contributed by atoms with van der Waals surface area (Å²) in [5.41, 5.74) is -0.543. The van der Waals surface area contributed by atoms with Crippen LogP contribution in [0, 0.1) is 0 Å². The number of nitrogens with one attached hydrogen (secondary N) is 1. The maximum absolute atomic E-state index is 10.0. The predicted molar refractivity (Wildman–Crippen MR) is 63.4 cm³/mol. The zero-order valence-electron chi connectivity index (χ0n) is 10.4. The van der Waals surface area contributed by atoms with Gasteiger partial charge in [0.1, 0.15) is 0 Å². The molecule has 0 heterocycles. The summed E-state index contributed by atoms with van der Waals surface area (Å²) in [6.45, 7) is 5.30. The monoisotopic (exact) mass is 231 g/mol. The molecule has 3 N–H and O–H groups in total. The molecule has 1 unspecified atom stereocenters. The molecule has 4 heteroatoms. The smallest absolute Gasteiger partial charge is 0.0897 e. The van der Waals surface area contributed by atoms with Crippen molar-refractivity contribution >= 4 is 0 Å². The number of hydrogen-bond donors (Lipinski definition) is 3. The van der Waals surface area contributed by atoms with Crippen molar-refractivity contribution in [3.63, 3.8) is 0 Å². The maximum Gasteiger partial charge on any atom is 0.0897 e. The highest BCUT2D eigenvalue weighted by atomic mass is 16.5. The van der Waals surface area contributed by atoms with Crippen LogP contribution in [0.5, 0.6) is 0 Å². The van der Waals surface area contributed by atoms with E-state index in [0.29, 0.717) is 19.7 Å². The van der Waals surface area contributed by atoms with Crippen molar-refractivity contribution in [1.29, 1.82) is 0 Å². The van der Waals surface area contributed by atoms with E-state index in [-0.39, 0.29) is 6.10 Å². The van der Waals surface area contributed by atoms with Crippen molar-refractivity contribution in [1.82, 2.24) is 5.32 Å². The average Bonchev–Trinajstić information content (AvgIpc) is 2.62. The van der Waals surface area contributed by atoms with Gasteiger partial charge in [-0.2, -0.15) is 0 Å². The van der Waals surface area contributed by atoms with Crippen LogP contribution in [0.4, 0.5) is 0 Å². The van der Waals surface area contributed by atoms with Gasteiger partial charge in [0.25, 0.3) is 0 Å². The highest BCUT2D eigenvalue weighted by Crippen LogP contribution is 2.28. The van der Waals surface area contributed by atoms with Gasteiger partial charge in [0.05, 0.1) is 24.4 Å². The summed E-state index contributed by atoms with van der Waals surface area (Å²) >= 11 is 0. The van der Waals surface area contributed by atoms with Crippen molar-refractivity contribution in [3.8, 4) is 0 Å². The third kappa shape index (κ3) is 5.25. The van der Waals surface area contributed by atoms with E-state index in [1.54, 1.807) is 0 Å². The highest BCUT2D eigenvalue weighted by Gasteiger charge is 2.30. The molecule has 1 fully saturated rings. The predicted octanol–water partition coefficient (Wildman–Crippen LogP) is 0.667. The lowest BCUT2D eigenvalue weighted by Gasteiger charge is -2.23. The van der Waals surface area contributed by atoms with E-state index >= 15 is 0 Å². The van der Waals surface area contributed by atoms with Gasteiger partial charge in [-0.1, -0.05) is 12.8 Å². The largest absolute Gasteiger partial charge is 0.389 e. The number of hydrogen-bond acceptors (Lipinski definition) is 4. The lowest BCUT2D eigenvalue weighted by molar-refractivity contribution is 0.000931. The van der Waals surface area contributed by atoms with Crippen molar-refractivity contribution < 1.29 is 14.9 Å². The first kappa shape index (κ1) is 13.9. The number of aliphatic hydroxyl groups is 2. The standard InChI is InChI=1S/C12H25NO3/c1-10(2)16-8-11(14)7-13-9-12(15)5-3-4-6-12/h10-11,13-15H,3-9H2,1-2H3. The van der Waals surface area contributed by atoms with E-state index in [0.717, 1.165) is 25.7 Å². The molecule has 0 aromatic carbocycles. The molecule has 16 heavy (non-hydrogen) atoms. The van der Waals surface area contributed by atoms with Crippen LogP contribution in [-0.4, -0.2) is 47.7 Å². The summed E-state index contributed by atoms with van der Waals surface area (Å²) in [5.74, 6) is 0. The molecular weight excluding hydrogens is 206 g/mol. The Hall–Kier alpha value is -0.160. The van der Waals surface area contributed by atoms with Crippen molar-refractivity contribution in [2.24, 2.45) is 0 Å². The Kier molecular flexibility index (Phi) is 5.69. The molecule has 1 aliphatic rings. The molecule has 4 nitrogen and oxygen atoms in total. The molecule has 0 bridgehead atoms. The molecule has 0 radical (unpaired) electrons. The van der Waals surface area contributed by atoms with Crippen LogP contribution >= 0.6 is 0 Å². The van der Waals surface area contributed by atoms with Crippen LogP contribution in [-0.2, 0) is 4.74 Å². The molecule has 1 atom stereocenters. The summed E-state index contributed by atoms with van der Waals surface area (Å²) in [4.78, 5) is 0. The van der Waals surface area contributed by atoms with Gasteiger partial charge in [0.2, 0.25) is 0 Å². The Morgan fingerprint density at radius 3 is 2.50 bits per heavy atom. The van der Waals surface area contributed by atoms with Gasteiger partial charge in [-0.25, -0.2) is 0 Å². The molecule has 0 aromatic rings. The number of ether oxygens (including phenoxy) is 1. The molecule has 0 aromatic heterocycles. The van der Waals surface area contributed by atoms with E-state index < -0.39 is 11.7 Å². The Labute approximate surface area is 98.0 Å². The molecule has 1 saturated carbocycles. The Morgan fingerprint density at radius 1 is 1.31 bits per heavy atom. The fourth-order valence-electron chi connectivity index (χ4n) is 2.04. The molecule has 0 saturated heterocycles. The molecule has 1 aliphatic carbocycles. The third-order valence-electron chi connectivity index (χ3n) is 2.99. The van der Waals surface area contributed by atoms with Crippen molar-refractivity contribution in [2.75, 3.05) is 19.7 Å². The van der Waals surface area contributed by atoms with Gasteiger partial charge in [-0.3, -0.25) is 0 Å². The first-order chi connectivity index (χ1) is 7.52. The van der Waals surface area contributed by atoms with Crippen LogP contribution in [0.1, 0.15) is 39.5 Å². The van der Waals surface area contributed by atoms with Crippen molar-refractivity contribution in [2.45, 2.75) is 57.3 Å². The Bertz CT molecular complexity index is 191. The first-order valence-electron chi connectivity index (χ1n) is 6.25. The normalized spacial score (nSPS) is 21.6. The number of aliphatic hydroxyl groups excluding tert-OH is 1. The summed E-state index contributed by atoms with van der Waals surface area (Å²) in [7, 11) is 0. The fraction of sp³-hybridized carbons (Fsp3) is 1.00. The summed E-state index contributed by atoms with van der Waals surface area (Å²) in [6.07, 6.45) is 3.62. The minimum absolute atomic E-state index is 0.147. The minimum Gasteiger partial charge on any atom is -0.389 e. The molecule has 96 valence electrons. The fourth-order valence-corrected chi connectivity index (χ4v) is 2.04. The zero-order chi connectivity index (χ0) is 12.0. The van der Waals surface area contributed by atoms with Gasteiger partial charge in [0.15, 0.2) is 0 Å². The first-order valence-corrected chi connectivity index (χ1v) is 6.25. The molecule has 0 amide bonds. The van der Waals surface area contributed by atoms with Crippen LogP contribution in [0.15, 0.2) is 0 Å². The summed E-state index contributed by atoms with van der Waals surface area (Å²) < 4.78 is 5.30. The maximum atomic E-state index is 10.0. The van der Waals surface area contributed by atoms with Gasteiger partial charge >= 0.3 is 0 Å². The van der Waals surface area contributed by atoms with Crippen LogP contribution in [0.2, 0.25) is 0 Å². The van der Waals surface area contributed by atoms with Gasteiger partial charge < -0.3 is 20.3 Å². The zero-order valence-corrected chi connectivity index (χ0v) is 10.4. The second-order valence-corrected chi connectivity index (χ2v) is 5.10. The highest BCUT2D eigenvalue weighted by molar-refractivity contribution is 4.86. The Balaban J connectivity index is 2.05. The second kappa shape index (κ2) is 6.55. The average molecular weight is 231 g/mol. The SMILES string of the molecule is CC(C)OCC(O)CNCC1(O)CCCC1. The summed E-state index contributed by atoms with van der Waals surface area (Å²) in [5, 5.41) is 22.7. The van der Waals surface area contributed by atoms with E-state index in [9.17, 15) is 10.2 Å². The molecule has 0 spiro atoms. The van der Waals surface area contributed by atoms with Gasteiger partial charge in [-0.15, -0.1) is 0 Å². The third-order valence-corrected chi connectivity index (χ3v) is 2.99. The number of rotatable bonds is 7. The van der Waals surface area contributed by atoms with E-state index in [1.165, 1.54) is 0 Å². The van der Waals surface area contributed by atoms with E-state index in [1.807, 2.05) is 13.8 Å². The van der Waals surface area contributed by atoms with E-state index in [2.05, 4.69) is 5.32 Å². The molecular formula is C12H25NO3. The topological polar surface area (TPSA) is 61.7 Å². The van der Waals surface area contributed by atoms with Gasteiger partial charge in [0, 0.05) is 13.1 Å². The molecule has 1 rings (SSSR count). The lowest BCUT2D eigenvalue weighted by atomic mass is 10.0. The van der Waals surface area contributed by atoms with Gasteiger partial charge in [-0.05, 0) is 26.7 Å². The minimum atomic E-state index is -0.543. The Morgan fingerprint density at radius 2 is 1.94 bits per heavy atom. The lowest BCUT2D eigenvalue weighted by Crippen LogP contribution is -2.41.